The van der Waals surface area contributed by atoms with Crippen LogP contribution in [0.5, 0.6) is 5.75 Å². The lowest BCUT2D eigenvalue weighted by Gasteiger charge is -2.23. The molecule has 6 heteroatoms. The monoisotopic (exact) mass is 260 g/mol. The highest BCUT2D eigenvalue weighted by atomic mass is 31.2. The smallest absolute Gasteiger partial charge is 0.363 e. The third-order valence-corrected chi connectivity index (χ3v) is 4.50. The van der Waals surface area contributed by atoms with Crippen LogP contribution in [0.3, 0.4) is 0 Å². The van der Waals surface area contributed by atoms with Crippen molar-refractivity contribution >= 4 is 7.60 Å². The fourth-order valence-electron chi connectivity index (χ4n) is 1.51. The molecule has 0 amide bonds. The molecule has 0 saturated heterocycles. The molecule has 1 aromatic rings. The Morgan fingerprint density at radius 2 is 1.76 bits per heavy atom. The summed E-state index contributed by atoms with van der Waals surface area (Å²) >= 11 is 0. The zero-order valence-corrected chi connectivity index (χ0v) is 11.3. The molecular formula is C11H17O5P. The van der Waals surface area contributed by atoms with Crippen LogP contribution in [-0.4, -0.2) is 28.4 Å². The summed E-state index contributed by atoms with van der Waals surface area (Å²) in [4.78, 5) is 0. The van der Waals surface area contributed by atoms with E-state index in [1.54, 1.807) is 31.4 Å². The molecule has 0 aliphatic carbocycles. The summed E-state index contributed by atoms with van der Waals surface area (Å²) in [6.07, 6.45) is 0. The largest absolute Gasteiger partial charge is 0.497 e. The predicted molar refractivity (Wildman–Crippen MR) is 64.4 cm³/mol. The Morgan fingerprint density at radius 3 is 2.24 bits per heavy atom. The normalized spacial score (nSPS) is 13.4. The van der Waals surface area contributed by atoms with Crippen LogP contribution < -0.4 is 4.74 Å². The van der Waals surface area contributed by atoms with E-state index >= 15 is 0 Å². The maximum Gasteiger partial charge on any atom is 0.363 e. The first-order chi connectivity index (χ1) is 8.11. The summed E-state index contributed by atoms with van der Waals surface area (Å²) in [5, 5.41) is 0. The number of ether oxygens (including phenoxy) is 2. The fourth-order valence-corrected chi connectivity index (χ4v) is 2.82. The number of hydrogen-bond donors (Lipinski definition) is 0. The van der Waals surface area contributed by atoms with E-state index < -0.39 is 13.4 Å². The van der Waals surface area contributed by atoms with Gasteiger partial charge in [0.05, 0.1) is 7.11 Å². The van der Waals surface area contributed by atoms with E-state index in [-0.39, 0.29) is 0 Å². The van der Waals surface area contributed by atoms with Gasteiger partial charge in [-0.05, 0) is 17.7 Å². The van der Waals surface area contributed by atoms with Crippen molar-refractivity contribution in [2.75, 3.05) is 28.4 Å². The van der Waals surface area contributed by atoms with Gasteiger partial charge in [-0.15, -0.1) is 0 Å². The molecule has 5 nitrogen and oxygen atoms in total. The molecule has 96 valence electrons. The fraction of sp³-hybridized carbons (Fsp3) is 0.455. The zero-order chi connectivity index (χ0) is 12.9. The van der Waals surface area contributed by atoms with Crippen LogP contribution in [0.4, 0.5) is 0 Å². The van der Waals surface area contributed by atoms with Crippen LogP contribution in [-0.2, 0) is 18.3 Å². The van der Waals surface area contributed by atoms with E-state index in [0.29, 0.717) is 11.3 Å². The summed E-state index contributed by atoms with van der Waals surface area (Å²) in [6.45, 7) is 0. The van der Waals surface area contributed by atoms with Crippen LogP contribution in [0, 0.1) is 0 Å². The van der Waals surface area contributed by atoms with E-state index in [1.165, 1.54) is 21.3 Å². The molecule has 0 N–H and O–H groups in total. The molecular weight excluding hydrogens is 243 g/mol. The first-order valence-corrected chi connectivity index (χ1v) is 6.60. The minimum Gasteiger partial charge on any atom is -0.497 e. The Labute approximate surface area is 101 Å². The second-order valence-corrected chi connectivity index (χ2v) is 5.55. The molecule has 0 aliphatic rings. The minimum absolute atomic E-state index is 0.656. The molecule has 1 unspecified atom stereocenters. The SMILES string of the molecule is COc1cccc(C(OC)P(=O)(OC)OC)c1. The quantitative estimate of drug-likeness (QED) is 0.736. The van der Waals surface area contributed by atoms with Crippen molar-refractivity contribution in [2.24, 2.45) is 0 Å². The standard InChI is InChI=1S/C11H17O5P/c1-13-10-7-5-6-9(8-10)11(14-2)17(12,15-3)16-4/h5-8,11H,1-4H3. The summed E-state index contributed by atoms with van der Waals surface area (Å²) in [5.74, 6) is -0.115. The molecule has 0 heterocycles. The highest BCUT2D eigenvalue weighted by molar-refractivity contribution is 7.54. The van der Waals surface area contributed by atoms with Gasteiger partial charge in [-0.2, -0.15) is 0 Å². The maximum atomic E-state index is 12.3. The highest BCUT2D eigenvalue weighted by Crippen LogP contribution is 2.60. The first kappa shape index (κ1) is 14.2. The third-order valence-electron chi connectivity index (χ3n) is 2.40. The first-order valence-electron chi connectivity index (χ1n) is 4.99. The van der Waals surface area contributed by atoms with Gasteiger partial charge < -0.3 is 18.5 Å². The van der Waals surface area contributed by atoms with Crippen LogP contribution in [0.25, 0.3) is 0 Å². The molecule has 17 heavy (non-hydrogen) atoms. The van der Waals surface area contributed by atoms with Crippen LogP contribution in [0.15, 0.2) is 24.3 Å². The lowest BCUT2D eigenvalue weighted by atomic mass is 10.2. The van der Waals surface area contributed by atoms with Crippen molar-refractivity contribution < 1.29 is 23.1 Å². The van der Waals surface area contributed by atoms with Crippen molar-refractivity contribution in [3.05, 3.63) is 29.8 Å². The van der Waals surface area contributed by atoms with Gasteiger partial charge in [0.15, 0.2) is 5.85 Å². The average molecular weight is 260 g/mol. The number of hydrogen-bond acceptors (Lipinski definition) is 5. The third kappa shape index (κ3) is 3.07. The Balaban J connectivity index is 3.12. The van der Waals surface area contributed by atoms with Gasteiger partial charge >= 0.3 is 7.60 Å². The zero-order valence-electron chi connectivity index (χ0n) is 10.4. The van der Waals surface area contributed by atoms with Crippen molar-refractivity contribution in [3.63, 3.8) is 0 Å². The van der Waals surface area contributed by atoms with Gasteiger partial charge in [-0.25, -0.2) is 0 Å². The topological polar surface area (TPSA) is 54.0 Å². The number of benzene rings is 1. The van der Waals surface area contributed by atoms with Crippen molar-refractivity contribution in [2.45, 2.75) is 5.85 Å². The second kappa shape index (κ2) is 6.17. The molecule has 0 aliphatic heterocycles. The molecule has 0 spiro atoms. The lowest BCUT2D eigenvalue weighted by Crippen LogP contribution is -2.06. The van der Waals surface area contributed by atoms with Gasteiger partial charge in [-0.1, -0.05) is 12.1 Å². The molecule has 0 fully saturated rings. The van der Waals surface area contributed by atoms with Gasteiger partial charge in [0.1, 0.15) is 5.75 Å². The van der Waals surface area contributed by atoms with Gasteiger partial charge in [0.2, 0.25) is 0 Å². The number of rotatable bonds is 6. The van der Waals surface area contributed by atoms with E-state index in [2.05, 4.69) is 0 Å². The average Bonchev–Trinajstić information content (AvgIpc) is 2.39. The molecule has 0 radical (unpaired) electrons. The molecule has 0 bridgehead atoms. The summed E-state index contributed by atoms with van der Waals surface area (Å²) in [6, 6.07) is 7.09. The van der Waals surface area contributed by atoms with Crippen molar-refractivity contribution in [3.8, 4) is 5.75 Å². The Hall–Kier alpha value is -0.870. The molecule has 0 saturated carbocycles. The van der Waals surface area contributed by atoms with Crippen LogP contribution in [0.1, 0.15) is 11.4 Å². The van der Waals surface area contributed by atoms with Gasteiger partial charge in [0.25, 0.3) is 0 Å². The van der Waals surface area contributed by atoms with E-state index in [9.17, 15) is 4.57 Å². The van der Waals surface area contributed by atoms with Crippen molar-refractivity contribution in [1.29, 1.82) is 0 Å². The molecule has 1 aromatic carbocycles. The Bertz CT molecular complexity index is 399. The van der Waals surface area contributed by atoms with E-state index in [0.717, 1.165) is 0 Å². The van der Waals surface area contributed by atoms with Gasteiger partial charge in [0, 0.05) is 21.3 Å². The van der Waals surface area contributed by atoms with Crippen LogP contribution in [0.2, 0.25) is 0 Å². The lowest BCUT2D eigenvalue weighted by molar-refractivity contribution is 0.123. The van der Waals surface area contributed by atoms with Crippen LogP contribution >= 0.6 is 7.60 Å². The van der Waals surface area contributed by atoms with Crippen molar-refractivity contribution in [1.82, 2.24) is 0 Å². The van der Waals surface area contributed by atoms with E-state index in [4.69, 9.17) is 18.5 Å². The van der Waals surface area contributed by atoms with Gasteiger partial charge in [-0.3, -0.25) is 4.57 Å². The highest BCUT2D eigenvalue weighted by Gasteiger charge is 2.35. The Morgan fingerprint density at radius 1 is 1.12 bits per heavy atom. The molecule has 0 aromatic heterocycles. The second-order valence-electron chi connectivity index (χ2n) is 3.27. The molecule has 1 rings (SSSR count). The summed E-state index contributed by atoms with van der Waals surface area (Å²) in [5.41, 5.74) is 0.680. The Kier molecular flexibility index (Phi) is 5.15. The number of methoxy groups -OCH3 is 2. The van der Waals surface area contributed by atoms with E-state index in [1.807, 2.05) is 0 Å². The summed E-state index contributed by atoms with van der Waals surface area (Å²) < 4.78 is 32.5. The summed E-state index contributed by atoms with van der Waals surface area (Å²) in [7, 11) is 2.35. The minimum atomic E-state index is -3.32. The maximum absolute atomic E-state index is 12.3. The predicted octanol–water partition coefficient (Wildman–Crippen LogP) is 2.83. The molecule has 1 atom stereocenters.